The van der Waals surface area contributed by atoms with Crippen LogP contribution < -0.4 is 27.9 Å². The van der Waals surface area contributed by atoms with Gasteiger partial charge in [-0.3, -0.25) is 20.0 Å². The summed E-state index contributed by atoms with van der Waals surface area (Å²) in [6, 6.07) is 17.2. The summed E-state index contributed by atoms with van der Waals surface area (Å²) < 4.78 is 33.9. The van der Waals surface area contributed by atoms with Crippen LogP contribution in [0.4, 0.5) is 20.2 Å². The maximum absolute atomic E-state index is 13.7. The monoisotopic (exact) mass is 600 g/mol. The minimum atomic E-state index is -0.765. The van der Waals surface area contributed by atoms with Gasteiger partial charge in [0.1, 0.15) is 11.6 Å². The molecule has 5 rings (SSSR count). The first kappa shape index (κ1) is 30.1. The van der Waals surface area contributed by atoms with Gasteiger partial charge in [0.25, 0.3) is 11.5 Å². The van der Waals surface area contributed by atoms with E-state index in [1.807, 2.05) is 0 Å². The lowest BCUT2D eigenvalue weighted by atomic mass is 10.0. The molecule has 2 heterocycles. The molecule has 0 spiro atoms. The van der Waals surface area contributed by atoms with E-state index in [1.165, 1.54) is 23.3 Å². The first-order valence-corrected chi connectivity index (χ1v) is 13.6. The average Bonchev–Trinajstić information content (AvgIpc) is 3.02. The van der Waals surface area contributed by atoms with Crippen LogP contribution in [-0.4, -0.2) is 52.6 Å². The van der Waals surface area contributed by atoms with Crippen molar-refractivity contribution in [2.45, 2.75) is 6.54 Å². The number of nitrogen functional groups attached to an aromatic ring is 1. The summed E-state index contributed by atoms with van der Waals surface area (Å²) in [4.78, 5) is 27.0. The molecule has 1 aromatic heterocycles. The standard InChI is InChI=1S/C31H30F2N8O3/c32-22-14-21(15-23(33)16-22)28-7-8-29(42)41(38-28)17-19-1-6-26(34)25(13-19)30(36)27(35)18-40(37)24-4-2-20(3-5-24)31(43)39-9-11-44-12-10-39/h1-8,13-16,18,36H,9-12,17,34-35,37H2/b27-18-,36-30?. The summed E-state index contributed by atoms with van der Waals surface area (Å²) in [5.74, 6) is 4.57. The number of anilines is 2. The summed E-state index contributed by atoms with van der Waals surface area (Å²) in [6.07, 6.45) is 1.36. The largest absolute Gasteiger partial charge is 0.398 e. The van der Waals surface area contributed by atoms with E-state index in [9.17, 15) is 18.4 Å². The number of aromatic nitrogens is 2. The summed E-state index contributed by atoms with van der Waals surface area (Å²) >= 11 is 0. The molecule has 0 bridgehead atoms. The van der Waals surface area contributed by atoms with Crippen molar-refractivity contribution >= 4 is 23.0 Å². The fourth-order valence-corrected chi connectivity index (χ4v) is 4.68. The van der Waals surface area contributed by atoms with Crippen LogP contribution >= 0.6 is 0 Å². The highest BCUT2D eigenvalue weighted by molar-refractivity contribution is 6.13. The van der Waals surface area contributed by atoms with E-state index >= 15 is 0 Å². The molecule has 226 valence electrons. The average molecular weight is 601 g/mol. The fourth-order valence-electron chi connectivity index (χ4n) is 4.68. The van der Waals surface area contributed by atoms with Crippen molar-refractivity contribution in [3.05, 3.63) is 123 Å². The molecule has 4 aromatic rings. The van der Waals surface area contributed by atoms with Gasteiger partial charge in [-0.25, -0.2) is 19.3 Å². The molecule has 1 fully saturated rings. The minimum absolute atomic E-state index is 0.00676. The van der Waals surface area contributed by atoms with E-state index in [0.29, 0.717) is 48.7 Å². The van der Waals surface area contributed by atoms with Gasteiger partial charge in [0.05, 0.1) is 42.5 Å². The van der Waals surface area contributed by atoms with Crippen LogP contribution in [0.5, 0.6) is 0 Å². The van der Waals surface area contributed by atoms with Gasteiger partial charge in [0.2, 0.25) is 0 Å². The second-order valence-corrected chi connectivity index (χ2v) is 10.1. The molecule has 1 aliphatic heterocycles. The Morgan fingerprint density at radius 2 is 1.68 bits per heavy atom. The van der Waals surface area contributed by atoms with E-state index in [1.54, 1.807) is 47.4 Å². The predicted octanol–water partition coefficient (Wildman–Crippen LogP) is 2.84. The second kappa shape index (κ2) is 12.9. The van der Waals surface area contributed by atoms with Gasteiger partial charge in [-0.2, -0.15) is 5.10 Å². The number of benzene rings is 3. The van der Waals surface area contributed by atoms with E-state index in [4.69, 9.17) is 27.5 Å². The Morgan fingerprint density at radius 3 is 2.36 bits per heavy atom. The van der Waals surface area contributed by atoms with Gasteiger partial charge in [-0.15, -0.1) is 0 Å². The third kappa shape index (κ3) is 6.80. The highest BCUT2D eigenvalue weighted by Crippen LogP contribution is 2.21. The molecule has 0 aliphatic carbocycles. The van der Waals surface area contributed by atoms with Crippen molar-refractivity contribution < 1.29 is 18.3 Å². The number of carbonyl (C=O) groups excluding carboxylic acids is 1. The molecule has 0 unspecified atom stereocenters. The van der Waals surface area contributed by atoms with E-state index in [-0.39, 0.29) is 40.8 Å². The summed E-state index contributed by atoms with van der Waals surface area (Å²) in [7, 11) is 0. The number of halogens is 2. The number of nitrogens with two attached hydrogens (primary N) is 3. The molecular weight excluding hydrogens is 570 g/mol. The van der Waals surface area contributed by atoms with Gasteiger partial charge >= 0.3 is 0 Å². The maximum Gasteiger partial charge on any atom is 0.267 e. The Balaban J connectivity index is 1.32. The Hall–Kier alpha value is -5.40. The van der Waals surface area contributed by atoms with Crippen molar-refractivity contribution in [1.29, 1.82) is 5.41 Å². The Morgan fingerprint density at radius 1 is 1.00 bits per heavy atom. The molecule has 1 amide bonds. The lowest BCUT2D eigenvalue weighted by Gasteiger charge is -2.27. The number of nitrogens with one attached hydrogen (secondary N) is 1. The zero-order chi connectivity index (χ0) is 31.4. The minimum Gasteiger partial charge on any atom is -0.398 e. The third-order valence-corrected chi connectivity index (χ3v) is 7.02. The molecule has 13 heteroatoms. The lowest BCUT2D eigenvalue weighted by molar-refractivity contribution is 0.0303. The zero-order valence-corrected chi connectivity index (χ0v) is 23.5. The molecular formula is C31H30F2N8O3. The molecule has 1 saturated heterocycles. The maximum atomic E-state index is 13.7. The molecule has 44 heavy (non-hydrogen) atoms. The van der Waals surface area contributed by atoms with Crippen LogP contribution in [0.15, 0.2) is 89.5 Å². The number of nitrogens with zero attached hydrogens (tertiary/aromatic N) is 4. The number of ether oxygens (including phenoxy) is 1. The van der Waals surface area contributed by atoms with Gasteiger partial charge in [-0.1, -0.05) is 6.07 Å². The predicted molar refractivity (Wildman–Crippen MR) is 163 cm³/mol. The van der Waals surface area contributed by atoms with E-state index in [0.717, 1.165) is 22.9 Å². The number of rotatable bonds is 8. The zero-order valence-electron chi connectivity index (χ0n) is 23.5. The fraction of sp³-hybridized carbons (Fsp3) is 0.161. The number of carbonyl (C=O) groups is 1. The van der Waals surface area contributed by atoms with Crippen molar-refractivity contribution in [1.82, 2.24) is 14.7 Å². The number of hydrazine groups is 1. The SMILES string of the molecule is N=C(/C(N)=C/N(N)c1ccc(C(=O)N2CCOCC2)cc1)c1cc(Cn2nc(-c3cc(F)cc(F)c3)ccc2=O)ccc1N. The molecule has 0 saturated carbocycles. The first-order chi connectivity index (χ1) is 21.1. The molecule has 0 atom stereocenters. The summed E-state index contributed by atoms with van der Waals surface area (Å²) in [5.41, 5.74) is 14.4. The topological polar surface area (TPSA) is 170 Å². The Labute approximate surface area is 251 Å². The number of hydrogen-bond donors (Lipinski definition) is 4. The summed E-state index contributed by atoms with van der Waals surface area (Å²) in [6.45, 7) is 2.07. The number of morpholine rings is 1. The Bertz CT molecular complexity index is 1780. The highest BCUT2D eigenvalue weighted by Gasteiger charge is 2.19. The van der Waals surface area contributed by atoms with E-state index in [2.05, 4.69) is 5.10 Å². The quantitative estimate of drug-likeness (QED) is 0.104. The van der Waals surface area contributed by atoms with Crippen LogP contribution in [0.1, 0.15) is 21.5 Å². The number of hydrogen-bond acceptors (Lipinski definition) is 9. The smallest absolute Gasteiger partial charge is 0.267 e. The molecule has 3 aromatic carbocycles. The second-order valence-electron chi connectivity index (χ2n) is 10.1. The van der Waals surface area contributed by atoms with Gasteiger partial charge in [-0.05, 0) is 60.2 Å². The van der Waals surface area contributed by atoms with Gasteiger partial charge in [0.15, 0.2) is 0 Å². The lowest BCUT2D eigenvalue weighted by Crippen LogP contribution is -2.40. The van der Waals surface area contributed by atoms with Crippen molar-refractivity contribution in [3.63, 3.8) is 0 Å². The van der Waals surface area contributed by atoms with Crippen LogP contribution in [0, 0.1) is 17.0 Å². The number of amides is 1. The molecule has 0 radical (unpaired) electrons. The van der Waals surface area contributed by atoms with E-state index < -0.39 is 17.2 Å². The van der Waals surface area contributed by atoms with Crippen molar-refractivity contribution in [2.75, 3.05) is 37.0 Å². The van der Waals surface area contributed by atoms with Crippen LogP contribution in [0.25, 0.3) is 11.3 Å². The molecule has 1 aliphatic rings. The van der Waals surface area contributed by atoms with Crippen molar-refractivity contribution in [2.24, 2.45) is 11.6 Å². The normalized spacial score (nSPS) is 13.5. The molecule has 11 nitrogen and oxygen atoms in total. The third-order valence-electron chi connectivity index (χ3n) is 7.02. The first-order valence-electron chi connectivity index (χ1n) is 13.6. The van der Waals surface area contributed by atoms with Crippen LogP contribution in [0.2, 0.25) is 0 Å². The number of allylic oxidation sites excluding steroid dienone is 1. The highest BCUT2D eigenvalue weighted by atomic mass is 19.1. The van der Waals surface area contributed by atoms with Gasteiger partial charge < -0.3 is 21.1 Å². The van der Waals surface area contributed by atoms with Crippen LogP contribution in [-0.2, 0) is 11.3 Å². The Kier molecular flexibility index (Phi) is 8.78. The summed E-state index contributed by atoms with van der Waals surface area (Å²) in [5, 5.41) is 14.2. The van der Waals surface area contributed by atoms with Crippen molar-refractivity contribution in [3.8, 4) is 11.3 Å². The van der Waals surface area contributed by atoms with Crippen LogP contribution in [0.3, 0.4) is 0 Å². The van der Waals surface area contributed by atoms with Gasteiger partial charge in [0, 0.05) is 53.8 Å². The molecule has 7 N–H and O–H groups in total.